The maximum atomic E-state index is 13.9. The van der Waals surface area contributed by atoms with Gasteiger partial charge in [-0.1, -0.05) is 60.9 Å². The van der Waals surface area contributed by atoms with Crippen molar-refractivity contribution in [3.63, 3.8) is 0 Å². The van der Waals surface area contributed by atoms with Crippen molar-refractivity contribution in [1.29, 1.82) is 0 Å². The Morgan fingerprint density at radius 3 is 2.02 bits per heavy atom. The van der Waals surface area contributed by atoms with Crippen LogP contribution >= 0.6 is 0 Å². The zero-order valence-corrected chi connectivity index (χ0v) is 24.7. The van der Waals surface area contributed by atoms with Gasteiger partial charge < -0.3 is 15.0 Å². The standard InChI is InChI=1S/C31H39N3O5S/c1-6-7-20-32-31(36)25(4)33(21-26-12-16-28(39-5)17-13-26)30(35)22-34(27-14-8-23(2)9-15-27)40(37,38)29-18-10-24(3)11-19-29/h8-19,25H,6-7,20-22H2,1-5H3,(H,32,36)/t25-/m1/s1. The van der Waals surface area contributed by atoms with E-state index in [1.54, 1.807) is 62.6 Å². The molecular formula is C31H39N3O5S. The number of carbonyl (C=O) groups is 2. The van der Waals surface area contributed by atoms with Crippen molar-refractivity contribution >= 4 is 27.5 Å². The quantitative estimate of drug-likeness (QED) is 0.299. The topological polar surface area (TPSA) is 96.0 Å². The second-order valence-electron chi connectivity index (χ2n) is 9.85. The molecule has 9 heteroatoms. The summed E-state index contributed by atoms with van der Waals surface area (Å²) in [6.07, 6.45) is 1.74. The van der Waals surface area contributed by atoms with Crippen molar-refractivity contribution in [1.82, 2.24) is 10.2 Å². The Labute approximate surface area is 238 Å². The number of hydrogen-bond acceptors (Lipinski definition) is 5. The number of unbranched alkanes of at least 4 members (excludes halogenated alkanes) is 1. The van der Waals surface area contributed by atoms with Gasteiger partial charge in [-0.15, -0.1) is 0 Å². The minimum Gasteiger partial charge on any atom is -0.497 e. The molecule has 0 spiro atoms. The number of benzene rings is 3. The fourth-order valence-electron chi connectivity index (χ4n) is 4.12. The van der Waals surface area contributed by atoms with Crippen molar-refractivity contribution in [2.75, 3.05) is 24.5 Å². The first-order valence-electron chi connectivity index (χ1n) is 13.4. The lowest BCUT2D eigenvalue weighted by atomic mass is 10.1. The molecule has 0 saturated carbocycles. The average molecular weight is 566 g/mol. The highest BCUT2D eigenvalue weighted by atomic mass is 32.2. The number of carbonyl (C=O) groups excluding carboxylic acids is 2. The molecule has 0 aliphatic rings. The lowest BCUT2D eigenvalue weighted by molar-refractivity contribution is -0.139. The van der Waals surface area contributed by atoms with E-state index in [0.29, 0.717) is 18.0 Å². The van der Waals surface area contributed by atoms with E-state index >= 15 is 0 Å². The fourth-order valence-corrected chi connectivity index (χ4v) is 5.54. The maximum absolute atomic E-state index is 13.9. The molecule has 1 atom stereocenters. The van der Waals surface area contributed by atoms with Crippen LogP contribution in [0.25, 0.3) is 0 Å². The third-order valence-corrected chi connectivity index (χ3v) is 8.51. The summed E-state index contributed by atoms with van der Waals surface area (Å²) < 4.78 is 34.1. The van der Waals surface area contributed by atoms with E-state index < -0.39 is 28.5 Å². The number of hydrogen-bond donors (Lipinski definition) is 1. The summed E-state index contributed by atoms with van der Waals surface area (Å²) in [6.45, 7) is 7.63. The minimum absolute atomic E-state index is 0.0820. The van der Waals surface area contributed by atoms with Crippen LogP contribution in [-0.2, 0) is 26.2 Å². The third-order valence-electron chi connectivity index (χ3n) is 6.72. The van der Waals surface area contributed by atoms with Gasteiger partial charge in [-0.2, -0.15) is 0 Å². The number of nitrogens with one attached hydrogen (secondary N) is 1. The molecule has 0 unspecified atom stereocenters. The Bertz CT molecular complexity index is 1370. The Morgan fingerprint density at radius 2 is 1.48 bits per heavy atom. The number of amides is 2. The second kappa shape index (κ2) is 14.0. The van der Waals surface area contributed by atoms with Gasteiger partial charge in [0.15, 0.2) is 0 Å². The summed E-state index contributed by atoms with van der Waals surface area (Å²) in [5.74, 6) is -0.120. The van der Waals surface area contributed by atoms with E-state index in [4.69, 9.17) is 4.74 Å². The molecule has 0 fully saturated rings. The summed E-state index contributed by atoms with van der Waals surface area (Å²) in [6, 6.07) is 19.9. The number of ether oxygens (including phenoxy) is 1. The number of nitrogens with zero attached hydrogens (tertiary/aromatic N) is 2. The van der Waals surface area contributed by atoms with E-state index in [1.807, 2.05) is 32.9 Å². The molecular weight excluding hydrogens is 526 g/mol. The van der Waals surface area contributed by atoms with Crippen molar-refractivity contribution in [2.24, 2.45) is 0 Å². The molecule has 1 N–H and O–H groups in total. The van der Waals surface area contributed by atoms with Crippen molar-refractivity contribution in [2.45, 2.75) is 58.0 Å². The Balaban J connectivity index is 1.98. The number of sulfonamides is 1. The largest absolute Gasteiger partial charge is 0.497 e. The normalized spacial score (nSPS) is 11.9. The van der Waals surface area contributed by atoms with Crippen molar-refractivity contribution < 1.29 is 22.7 Å². The van der Waals surface area contributed by atoms with E-state index in [2.05, 4.69) is 5.32 Å². The van der Waals surface area contributed by atoms with E-state index in [9.17, 15) is 18.0 Å². The van der Waals surface area contributed by atoms with Crippen LogP contribution in [-0.4, -0.2) is 51.4 Å². The molecule has 3 rings (SSSR count). The highest BCUT2D eigenvalue weighted by Crippen LogP contribution is 2.25. The van der Waals surface area contributed by atoms with Gasteiger partial charge in [-0.3, -0.25) is 13.9 Å². The number of methoxy groups -OCH3 is 1. The summed E-state index contributed by atoms with van der Waals surface area (Å²) in [4.78, 5) is 28.5. The lowest BCUT2D eigenvalue weighted by Crippen LogP contribution is -2.51. The van der Waals surface area contributed by atoms with Gasteiger partial charge in [0, 0.05) is 13.1 Å². The highest BCUT2D eigenvalue weighted by molar-refractivity contribution is 7.92. The van der Waals surface area contributed by atoms with Crippen LogP contribution in [0.4, 0.5) is 5.69 Å². The SMILES string of the molecule is CCCCNC(=O)[C@@H](C)N(Cc1ccc(OC)cc1)C(=O)CN(c1ccc(C)cc1)S(=O)(=O)c1ccc(C)cc1. The zero-order valence-electron chi connectivity index (χ0n) is 23.9. The lowest BCUT2D eigenvalue weighted by Gasteiger charge is -2.32. The van der Waals surface area contributed by atoms with Crippen LogP contribution in [0.2, 0.25) is 0 Å². The van der Waals surface area contributed by atoms with Gasteiger partial charge in [0.25, 0.3) is 10.0 Å². The molecule has 0 aromatic heterocycles. The minimum atomic E-state index is -4.09. The molecule has 3 aromatic rings. The summed E-state index contributed by atoms with van der Waals surface area (Å²) in [7, 11) is -2.52. The van der Waals surface area contributed by atoms with Crippen molar-refractivity contribution in [3.05, 3.63) is 89.5 Å². The van der Waals surface area contributed by atoms with Gasteiger partial charge in [-0.05, 0) is 69.2 Å². The van der Waals surface area contributed by atoms with Crippen LogP contribution < -0.4 is 14.4 Å². The molecule has 0 radical (unpaired) electrons. The van der Waals surface area contributed by atoms with Crippen LogP contribution in [0.15, 0.2) is 77.7 Å². The molecule has 2 amide bonds. The van der Waals surface area contributed by atoms with E-state index in [0.717, 1.165) is 33.8 Å². The molecule has 0 aliphatic carbocycles. The Morgan fingerprint density at radius 1 is 0.900 bits per heavy atom. The summed E-state index contributed by atoms with van der Waals surface area (Å²) in [5.41, 5.74) is 3.03. The van der Waals surface area contributed by atoms with Crippen molar-refractivity contribution in [3.8, 4) is 5.75 Å². The summed E-state index contributed by atoms with van der Waals surface area (Å²) in [5, 5.41) is 2.89. The fraction of sp³-hybridized carbons (Fsp3) is 0.355. The van der Waals surface area contributed by atoms with Gasteiger partial charge in [0.2, 0.25) is 11.8 Å². The number of anilines is 1. The molecule has 8 nitrogen and oxygen atoms in total. The second-order valence-corrected chi connectivity index (χ2v) is 11.7. The average Bonchev–Trinajstić information content (AvgIpc) is 2.95. The molecule has 3 aromatic carbocycles. The van der Waals surface area contributed by atoms with Crippen LogP contribution in [0, 0.1) is 13.8 Å². The molecule has 0 heterocycles. The maximum Gasteiger partial charge on any atom is 0.264 e. The van der Waals surface area contributed by atoms with Gasteiger partial charge in [0.1, 0.15) is 18.3 Å². The van der Waals surface area contributed by atoms with Crippen LogP contribution in [0.1, 0.15) is 43.4 Å². The van der Waals surface area contributed by atoms with E-state index in [1.165, 1.54) is 17.0 Å². The van der Waals surface area contributed by atoms with Crippen LogP contribution in [0.5, 0.6) is 5.75 Å². The first-order chi connectivity index (χ1) is 19.1. The number of aryl methyl sites for hydroxylation is 2. The third kappa shape index (κ3) is 7.85. The van der Waals surface area contributed by atoms with Crippen LogP contribution in [0.3, 0.4) is 0 Å². The zero-order chi connectivity index (χ0) is 29.3. The molecule has 40 heavy (non-hydrogen) atoms. The monoisotopic (exact) mass is 565 g/mol. The first-order valence-corrected chi connectivity index (χ1v) is 14.9. The Kier molecular flexibility index (Phi) is 10.7. The molecule has 0 saturated heterocycles. The Hall–Kier alpha value is -3.85. The predicted octanol–water partition coefficient (Wildman–Crippen LogP) is 4.84. The van der Waals surface area contributed by atoms with Gasteiger partial charge in [-0.25, -0.2) is 8.42 Å². The highest BCUT2D eigenvalue weighted by Gasteiger charge is 2.32. The summed E-state index contributed by atoms with van der Waals surface area (Å²) >= 11 is 0. The van der Waals surface area contributed by atoms with Gasteiger partial charge in [0.05, 0.1) is 17.7 Å². The molecule has 0 aliphatic heterocycles. The van der Waals surface area contributed by atoms with Gasteiger partial charge >= 0.3 is 0 Å². The first kappa shape index (κ1) is 30.7. The predicted molar refractivity (Wildman–Crippen MR) is 158 cm³/mol. The molecule has 214 valence electrons. The molecule has 0 bridgehead atoms. The van der Waals surface area contributed by atoms with E-state index in [-0.39, 0.29) is 17.3 Å². The number of rotatable bonds is 13. The smallest absolute Gasteiger partial charge is 0.264 e.